The van der Waals surface area contributed by atoms with Crippen molar-refractivity contribution in [3.63, 3.8) is 0 Å². The normalized spacial score (nSPS) is 17.9. The lowest BCUT2D eigenvalue weighted by molar-refractivity contribution is 0.605. The lowest BCUT2D eigenvalue weighted by Crippen LogP contribution is -1.94. The van der Waals surface area contributed by atoms with Crippen LogP contribution in [0.3, 0.4) is 0 Å². The van der Waals surface area contributed by atoms with Crippen LogP contribution in [0, 0.1) is 0 Å². The molecule has 0 fully saturated rings. The van der Waals surface area contributed by atoms with Gasteiger partial charge in [-0.25, -0.2) is 9.97 Å². The molecule has 3 aromatic rings. The van der Waals surface area contributed by atoms with Crippen LogP contribution < -0.4 is 0 Å². The molecule has 4 heteroatoms. The highest BCUT2D eigenvalue weighted by Crippen LogP contribution is 2.26. The van der Waals surface area contributed by atoms with Crippen LogP contribution in [0.25, 0.3) is 21.8 Å². The Kier molecular flexibility index (Phi) is 6.92. The predicted molar refractivity (Wildman–Crippen MR) is 122 cm³/mol. The van der Waals surface area contributed by atoms with Gasteiger partial charge in [-0.05, 0) is 36.5 Å². The zero-order valence-corrected chi connectivity index (χ0v) is 17.6. The molecule has 2 nitrogen and oxygen atoms in total. The van der Waals surface area contributed by atoms with Gasteiger partial charge in [-0.3, -0.25) is 0 Å². The van der Waals surface area contributed by atoms with E-state index in [-0.39, 0.29) is 0 Å². The molecule has 142 valence electrons. The number of fused-ring (bicyclic) bond motifs is 2. The maximum Gasteiger partial charge on any atom is 0.0968 e. The average Bonchev–Trinajstić information content (AvgIpc) is 2.70. The van der Waals surface area contributed by atoms with Crippen molar-refractivity contribution in [2.45, 2.75) is 56.5 Å². The van der Waals surface area contributed by atoms with E-state index in [0.29, 0.717) is 0 Å². The van der Waals surface area contributed by atoms with Gasteiger partial charge in [0.05, 0.1) is 22.4 Å². The van der Waals surface area contributed by atoms with Crippen molar-refractivity contribution in [2.24, 2.45) is 0 Å². The molecule has 0 aliphatic carbocycles. The van der Waals surface area contributed by atoms with Crippen LogP contribution in [-0.2, 0) is 11.5 Å². The summed E-state index contributed by atoms with van der Waals surface area (Å²) in [6.45, 7) is 0. The van der Waals surface area contributed by atoms with E-state index in [4.69, 9.17) is 9.97 Å². The number of aromatic nitrogens is 2. The van der Waals surface area contributed by atoms with Crippen molar-refractivity contribution in [2.75, 3.05) is 11.5 Å². The van der Waals surface area contributed by atoms with E-state index in [0.717, 1.165) is 22.5 Å². The van der Waals surface area contributed by atoms with Gasteiger partial charge in [-0.1, -0.05) is 56.4 Å². The minimum absolute atomic E-state index is 1.00. The molecule has 0 saturated heterocycles. The molecule has 4 bridgehead atoms. The smallest absolute Gasteiger partial charge is 0.0968 e. The minimum Gasteiger partial charge on any atom is -0.250 e. The standard InChI is InChI=1S/C23H28N2S2/c1-2-4-6-14-26-16-20-12-10-18-8-9-19-11-13-21(17-27-15-7-5-3-1)25-23(19)22(18)24-20/h8-13H,1-7,14-17H2. The SMILES string of the molecule is c1cc2ccc3ccc4nc3c2nc1CSCCCCCCCCCSC4. The third kappa shape index (κ3) is 5.17. The Bertz CT molecular complexity index is 821. The fourth-order valence-corrected chi connectivity index (χ4v) is 5.50. The Balaban J connectivity index is 1.62. The van der Waals surface area contributed by atoms with Gasteiger partial charge in [0.15, 0.2) is 0 Å². The van der Waals surface area contributed by atoms with Gasteiger partial charge >= 0.3 is 0 Å². The van der Waals surface area contributed by atoms with Gasteiger partial charge in [0, 0.05) is 22.3 Å². The van der Waals surface area contributed by atoms with E-state index in [1.54, 1.807) is 0 Å². The molecule has 1 aliphatic rings. The minimum atomic E-state index is 1.00. The van der Waals surface area contributed by atoms with Crippen molar-refractivity contribution in [3.8, 4) is 0 Å². The van der Waals surface area contributed by atoms with Gasteiger partial charge in [0.25, 0.3) is 0 Å². The first-order valence-corrected chi connectivity index (χ1v) is 12.5. The summed E-state index contributed by atoms with van der Waals surface area (Å²) in [5.41, 5.74) is 4.49. The highest BCUT2D eigenvalue weighted by Gasteiger charge is 2.07. The summed E-state index contributed by atoms with van der Waals surface area (Å²) in [6.07, 6.45) is 9.63. The fraction of sp³-hybridized carbons (Fsp3) is 0.478. The fourth-order valence-electron chi connectivity index (χ4n) is 3.65. The summed E-state index contributed by atoms with van der Waals surface area (Å²) in [7, 11) is 0. The van der Waals surface area contributed by atoms with Crippen LogP contribution in [0.2, 0.25) is 0 Å². The molecular weight excluding hydrogens is 368 g/mol. The Morgan fingerprint density at radius 1 is 0.519 bits per heavy atom. The number of rotatable bonds is 0. The topological polar surface area (TPSA) is 25.8 Å². The Morgan fingerprint density at radius 2 is 0.926 bits per heavy atom. The summed E-state index contributed by atoms with van der Waals surface area (Å²) in [5, 5.41) is 2.39. The number of hydrogen-bond donors (Lipinski definition) is 0. The molecule has 0 unspecified atom stereocenters. The number of benzene rings is 1. The summed E-state index contributed by atoms with van der Waals surface area (Å²) >= 11 is 4.04. The van der Waals surface area contributed by atoms with Gasteiger partial charge in [-0.2, -0.15) is 23.5 Å². The quantitative estimate of drug-likeness (QED) is 0.382. The molecule has 27 heavy (non-hydrogen) atoms. The zero-order valence-electron chi connectivity index (χ0n) is 16.0. The molecule has 1 aliphatic heterocycles. The van der Waals surface area contributed by atoms with Gasteiger partial charge in [-0.15, -0.1) is 0 Å². The summed E-state index contributed by atoms with van der Waals surface area (Å²) in [6, 6.07) is 13.1. The lowest BCUT2D eigenvalue weighted by Gasteiger charge is -2.08. The molecule has 0 spiro atoms. The Labute approximate surface area is 170 Å². The van der Waals surface area contributed by atoms with Crippen LogP contribution in [0.1, 0.15) is 56.3 Å². The van der Waals surface area contributed by atoms with Crippen molar-refractivity contribution in [1.82, 2.24) is 9.97 Å². The van der Waals surface area contributed by atoms with Crippen molar-refractivity contribution in [1.29, 1.82) is 0 Å². The van der Waals surface area contributed by atoms with E-state index < -0.39 is 0 Å². The van der Waals surface area contributed by atoms with E-state index >= 15 is 0 Å². The largest absolute Gasteiger partial charge is 0.250 e. The number of thioether (sulfide) groups is 2. The van der Waals surface area contributed by atoms with Crippen molar-refractivity contribution < 1.29 is 0 Å². The first-order chi connectivity index (χ1) is 13.4. The van der Waals surface area contributed by atoms with E-state index in [1.807, 2.05) is 23.5 Å². The number of hydrogen-bond acceptors (Lipinski definition) is 4. The summed E-state index contributed by atoms with van der Waals surface area (Å²) in [4.78, 5) is 9.99. The number of nitrogens with zero attached hydrogens (tertiary/aromatic N) is 2. The molecule has 0 atom stereocenters. The second-order valence-electron chi connectivity index (χ2n) is 7.39. The zero-order chi connectivity index (χ0) is 18.3. The van der Waals surface area contributed by atoms with E-state index in [9.17, 15) is 0 Å². The molecule has 0 amide bonds. The van der Waals surface area contributed by atoms with Gasteiger partial charge < -0.3 is 0 Å². The Hall–Kier alpha value is -1.26. The average molecular weight is 397 g/mol. The Morgan fingerprint density at radius 3 is 1.41 bits per heavy atom. The summed E-state index contributed by atoms with van der Waals surface area (Å²) in [5.74, 6) is 4.49. The molecule has 0 saturated carbocycles. The van der Waals surface area contributed by atoms with Crippen LogP contribution >= 0.6 is 23.5 Å². The van der Waals surface area contributed by atoms with Crippen LogP contribution in [-0.4, -0.2) is 21.5 Å². The first-order valence-electron chi connectivity index (χ1n) is 10.2. The van der Waals surface area contributed by atoms with Gasteiger partial charge in [0.2, 0.25) is 0 Å². The maximum absolute atomic E-state index is 4.99. The molecule has 0 radical (unpaired) electrons. The monoisotopic (exact) mass is 396 g/mol. The molecule has 3 heterocycles. The molecule has 0 N–H and O–H groups in total. The van der Waals surface area contributed by atoms with E-state index in [2.05, 4.69) is 36.4 Å². The van der Waals surface area contributed by atoms with Crippen molar-refractivity contribution >= 4 is 45.3 Å². The van der Waals surface area contributed by atoms with E-state index in [1.165, 1.54) is 78.6 Å². The second-order valence-corrected chi connectivity index (χ2v) is 9.60. The summed E-state index contributed by atoms with van der Waals surface area (Å²) < 4.78 is 0. The van der Waals surface area contributed by atoms with Crippen LogP contribution in [0.4, 0.5) is 0 Å². The third-order valence-electron chi connectivity index (χ3n) is 5.21. The number of pyridine rings is 2. The second kappa shape index (κ2) is 9.79. The molecule has 2 aromatic heterocycles. The lowest BCUT2D eigenvalue weighted by atomic mass is 10.1. The van der Waals surface area contributed by atoms with Crippen LogP contribution in [0.15, 0.2) is 36.4 Å². The van der Waals surface area contributed by atoms with Gasteiger partial charge in [0.1, 0.15) is 0 Å². The highest BCUT2D eigenvalue weighted by molar-refractivity contribution is 7.98. The molecule has 1 aromatic carbocycles. The predicted octanol–water partition coefficient (Wildman–Crippen LogP) is 6.99. The van der Waals surface area contributed by atoms with Crippen LogP contribution in [0.5, 0.6) is 0 Å². The first kappa shape index (κ1) is 19.1. The third-order valence-corrected chi connectivity index (χ3v) is 7.37. The molecular formula is C23H28N2S2. The highest BCUT2D eigenvalue weighted by atomic mass is 32.2. The molecule has 4 rings (SSSR count). The van der Waals surface area contributed by atoms with Crippen molar-refractivity contribution in [3.05, 3.63) is 47.8 Å². The maximum atomic E-state index is 4.99.